The molecular weight excluding hydrogens is 232 g/mol. The second-order valence-corrected chi connectivity index (χ2v) is 5.12. The molecule has 0 aromatic carbocycles. The van der Waals surface area contributed by atoms with Gasteiger partial charge in [0, 0.05) is 12.5 Å². The van der Waals surface area contributed by atoms with Gasteiger partial charge in [-0.2, -0.15) is 0 Å². The minimum absolute atomic E-state index is 0.110. The standard InChI is InChI=1S/C13H22N2O3/c1-2-18-13(17)9-15(11-3-4-11)12(16)7-10-5-6-14-8-10/h10-11,14H,2-9H2,1H3. The Kier molecular flexibility index (Phi) is 4.58. The molecule has 102 valence electrons. The molecule has 1 aliphatic heterocycles. The van der Waals surface area contributed by atoms with Crippen molar-refractivity contribution in [2.45, 2.75) is 38.6 Å². The van der Waals surface area contributed by atoms with Crippen molar-refractivity contribution in [3.8, 4) is 0 Å². The summed E-state index contributed by atoms with van der Waals surface area (Å²) in [6, 6.07) is 0.274. The van der Waals surface area contributed by atoms with Crippen LogP contribution in [0.15, 0.2) is 0 Å². The summed E-state index contributed by atoms with van der Waals surface area (Å²) in [6.45, 7) is 4.20. The summed E-state index contributed by atoms with van der Waals surface area (Å²) in [4.78, 5) is 25.4. The molecule has 1 amide bonds. The topological polar surface area (TPSA) is 58.6 Å². The first-order valence-corrected chi connectivity index (χ1v) is 6.86. The van der Waals surface area contributed by atoms with Gasteiger partial charge in [-0.15, -0.1) is 0 Å². The Morgan fingerprint density at radius 2 is 2.11 bits per heavy atom. The van der Waals surface area contributed by atoms with Crippen molar-refractivity contribution < 1.29 is 14.3 Å². The lowest BCUT2D eigenvalue weighted by Crippen LogP contribution is -2.39. The second-order valence-electron chi connectivity index (χ2n) is 5.12. The van der Waals surface area contributed by atoms with Crippen LogP contribution in [-0.4, -0.2) is 49.1 Å². The van der Waals surface area contributed by atoms with E-state index in [0.29, 0.717) is 18.9 Å². The molecule has 2 fully saturated rings. The Morgan fingerprint density at radius 3 is 2.67 bits per heavy atom. The Morgan fingerprint density at radius 1 is 1.33 bits per heavy atom. The number of amides is 1. The molecule has 0 aromatic rings. The zero-order valence-electron chi connectivity index (χ0n) is 11.0. The van der Waals surface area contributed by atoms with Crippen molar-refractivity contribution in [1.29, 1.82) is 0 Å². The van der Waals surface area contributed by atoms with Gasteiger partial charge in [0.05, 0.1) is 6.61 Å². The largest absolute Gasteiger partial charge is 0.465 e. The molecule has 1 atom stereocenters. The van der Waals surface area contributed by atoms with E-state index in [4.69, 9.17) is 4.74 Å². The molecule has 1 N–H and O–H groups in total. The molecule has 1 aliphatic carbocycles. The first kappa shape index (κ1) is 13.3. The fourth-order valence-corrected chi connectivity index (χ4v) is 2.41. The van der Waals surface area contributed by atoms with E-state index >= 15 is 0 Å². The maximum absolute atomic E-state index is 12.2. The van der Waals surface area contributed by atoms with Crippen molar-refractivity contribution in [3.63, 3.8) is 0 Å². The van der Waals surface area contributed by atoms with Gasteiger partial charge in [-0.05, 0) is 45.2 Å². The summed E-state index contributed by atoms with van der Waals surface area (Å²) in [6.07, 6.45) is 3.66. The summed E-state index contributed by atoms with van der Waals surface area (Å²) in [5, 5.41) is 3.26. The highest BCUT2D eigenvalue weighted by atomic mass is 16.5. The van der Waals surface area contributed by atoms with Crippen LogP contribution in [0.5, 0.6) is 0 Å². The van der Waals surface area contributed by atoms with Crippen molar-refractivity contribution in [1.82, 2.24) is 10.2 Å². The molecule has 18 heavy (non-hydrogen) atoms. The van der Waals surface area contributed by atoms with Crippen LogP contribution in [0.25, 0.3) is 0 Å². The monoisotopic (exact) mass is 254 g/mol. The summed E-state index contributed by atoms with van der Waals surface area (Å²) >= 11 is 0. The lowest BCUT2D eigenvalue weighted by molar-refractivity contribution is -0.149. The number of carbonyl (C=O) groups is 2. The predicted octanol–water partition coefficient (Wildman–Crippen LogP) is 0.540. The Hall–Kier alpha value is -1.10. The molecule has 2 rings (SSSR count). The molecule has 0 aromatic heterocycles. The minimum atomic E-state index is -0.290. The molecule has 5 nitrogen and oxygen atoms in total. The maximum atomic E-state index is 12.2. The lowest BCUT2D eigenvalue weighted by atomic mass is 10.0. The smallest absolute Gasteiger partial charge is 0.325 e. The fourth-order valence-electron chi connectivity index (χ4n) is 2.41. The Bertz CT molecular complexity index is 309. The molecule has 0 radical (unpaired) electrons. The van der Waals surface area contributed by atoms with Gasteiger partial charge >= 0.3 is 5.97 Å². The van der Waals surface area contributed by atoms with Gasteiger partial charge in [0.1, 0.15) is 6.54 Å². The van der Waals surface area contributed by atoms with Crippen LogP contribution in [-0.2, 0) is 14.3 Å². The number of hydrogen-bond donors (Lipinski definition) is 1. The third kappa shape index (κ3) is 3.70. The van der Waals surface area contributed by atoms with Crippen molar-refractivity contribution in [3.05, 3.63) is 0 Å². The van der Waals surface area contributed by atoms with Gasteiger partial charge < -0.3 is 15.0 Å². The van der Waals surface area contributed by atoms with Crippen molar-refractivity contribution >= 4 is 11.9 Å². The minimum Gasteiger partial charge on any atom is -0.465 e. The number of esters is 1. The number of rotatable bonds is 6. The molecular formula is C13H22N2O3. The molecule has 0 bridgehead atoms. The third-order valence-electron chi connectivity index (χ3n) is 3.54. The van der Waals surface area contributed by atoms with Gasteiger partial charge in [-0.3, -0.25) is 9.59 Å². The van der Waals surface area contributed by atoms with Gasteiger partial charge in [0.25, 0.3) is 0 Å². The predicted molar refractivity (Wildman–Crippen MR) is 67.0 cm³/mol. The van der Waals surface area contributed by atoms with E-state index in [9.17, 15) is 9.59 Å². The van der Waals surface area contributed by atoms with Crippen molar-refractivity contribution in [2.24, 2.45) is 5.92 Å². The molecule has 1 heterocycles. The first-order valence-electron chi connectivity index (χ1n) is 6.86. The summed E-state index contributed by atoms with van der Waals surface area (Å²) < 4.78 is 4.93. The van der Waals surface area contributed by atoms with Gasteiger partial charge in [0.15, 0.2) is 0 Å². The van der Waals surface area contributed by atoms with Crippen LogP contribution in [0.1, 0.15) is 32.6 Å². The van der Waals surface area contributed by atoms with Gasteiger partial charge in [0.2, 0.25) is 5.91 Å². The van der Waals surface area contributed by atoms with E-state index in [2.05, 4.69) is 5.32 Å². The normalized spacial score (nSPS) is 22.8. The molecule has 1 saturated heterocycles. The Balaban J connectivity index is 1.83. The zero-order valence-corrected chi connectivity index (χ0v) is 11.0. The van der Waals surface area contributed by atoms with E-state index in [1.165, 1.54) is 0 Å². The van der Waals surface area contributed by atoms with Crippen molar-refractivity contribution in [2.75, 3.05) is 26.2 Å². The quantitative estimate of drug-likeness (QED) is 0.703. The second kappa shape index (κ2) is 6.18. The Labute approximate surface area is 108 Å². The van der Waals surface area contributed by atoms with Crippen LogP contribution in [0.4, 0.5) is 0 Å². The molecule has 0 spiro atoms. The molecule has 1 unspecified atom stereocenters. The van der Waals surface area contributed by atoms with E-state index in [1.54, 1.807) is 11.8 Å². The van der Waals surface area contributed by atoms with Crippen LogP contribution in [0.3, 0.4) is 0 Å². The summed E-state index contributed by atoms with van der Waals surface area (Å²) in [5.74, 6) is 0.252. The molecule has 1 saturated carbocycles. The highest BCUT2D eigenvalue weighted by Crippen LogP contribution is 2.28. The van der Waals surface area contributed by atoms with E-state index in [0.717, 1.165) is 32.4 Å². The van der Waals surface area contributed by atoms with Crippen LogP contribution >= 0.6 is 0 Å². The average Bonchev–Trinajstić information content (AvgIpc) is 3.05. The summed E-state index contributed by atoms with van der Waals surface area (Å²) in [5.41, 5.74) is 0. The summed E-state index contributed by atoms with van der Waals surface area (Å²) in [7, 11) is 0. The fraction of sp³-hybridized carbons (Fsp3) is 0.846. The maximum Gasteiger partial charge on any atom is 0.325 e. The van der Waals surface area contributed by atoms with E-state index in [-0.39, 0.29) is 24.5 Å². The number of ether oxygens (including phenoxy) is 1. The highest BCUT2D eigenvalue weighted by molar-refractivity contribution is 5.82. The average molecular weight is 254 g/mol. The van der Waals surface area contributed by atoms with E-state index in [1.807, 2.05) is 0 Å². The molecule has 2 aliphatic rings. The van der Waals surface area contributed by atoms with E-state index < -0.39 is 0 Å². The first-order chi connectivity index (χ1) is 8.70. The third-order valence-corrected chi connectivity index (χ3v) is 3.54. The SMILES string of the molecule is CCOC(=O)CN(C(=O)CC1CCNC1)C1CC1. The lowest BCUT2D eigenvalue weighted by Gasteiger charge is -2.22. The van der Waals surface area contributed by atoms with Crippen LogP contribution in [0.2, 0.25) is 0 Å². The van der Waals surface area contributed by atoms with Crippen LogP contribution < -0.4 is 5.32 Å². The number of carbonyl (C=O) groups excluding carboxylic acids is 2. The van der Waals surface area contributed by atoms with Gasteiger partial charge in [-0.1, -0.05) is 0 Å². The molecule has 5 heteroatoms. The number of hydrogen-bond acceptors (Lipinski definition) is 4. The zero-order chi connectivity index (χ0) is 13.0. The highest BCUT2D eigenvalue weighted by Gasteiger charge is 2.35. The van der Waals surface area contributed by atoms with Crippen LogP contribution in [0, 0.1) is 5.92 Å². The van der Waals surface area contributed by atoms with Gasteiger partial charge in [-0.25, -0.2) is 0 Å². The number of nitrogens with one attached hydrogen (secondary N) is 1. The number of nitrogens with zero attached hydrogens (tertiary/aromatic N) is 1.